The van der Waals surface area contributed by atoms with Gasteiger partial charge in [-0.05, 0) is 25.8 Å². The molecule has 1 N–H and O–H groups in total. The lowest BCUT2D eigenvalue weighted by Gasteiger charge is -2.26. The van der Waals surface area contributed by atoms with Crippen LogP contribution in [0.4, 0.5) is 9.18 Å². The van der Waals surface area contributed by atoms with E-state index in [0.29, 0.717) is 12.2 Å². The van der Waals surface area contributed by atoms with Crippen molar-refractivity contribution < 1.29 is 18.7 Å². The molecule has 1 heterocycles. The van der Waals surface area contributed by atoms with Crippen LogP contribution in [0.1, 0.15) is 31.4 Å². The quantitative estimate of drug-likeness (QED) is 0.894. The first-order chi connectivity index (χ1) is 11.5. The lowest BCUT2D eigenvalue weighted by atomic mass is 10.0. The summed E-state index contributed by atoms with van der Waals surface area (Å²) in [6.07, 6.45) is 1.42. The second-order valence-corrected chi connectivity index (χ2v) is 6.35. The number of ether oxygens (including phenoxy) is 1. The van der Waals surface area contributed by atoms with E-state index >= 15 is 0 Å². The predicted molar refractivity (Wildman–Crippen MR) is 85.6 cm³/mol. The number of nitrogens with one attached hydrogen (secondary N) is 1. The maximum atomic E-state index is 14.0. The molecule has 0 aromatic heterocycles. The zero-order valence-corrected chi connectivity index (χ0v) is 13.9. The summed E-state index contributed by atoms with van der Waals surface area (Å²) in [4.78, 5) is 27.6. The lowest BCUT2D eigenvalue weighted by Crippen LogP contribution is -2.46. The number of urea groups is 1. The van der Waals surface area contributed by atoms with Gasteiger partial charge < -0.3 is 15.0 Å². The second-order valence-electron chi connectivity index (χ2n) is 6.35. The van der Waals surface area contributed by atoms with Crippen LogP contribution in [0.25, 0.3) is 0 Å². The minimum absolute atomic E-state index is 0.0160. The summed E-state index contributed by atoms with van der Waals surface area (Å²) >= 11 is 0. The van der Waals surface area contributed by atoms with Crippen LogP contribution in [0.3, 0.4) is 0 Å². The smallest absolute Gasteiger partial charge is 0.319 e. The van der Waals surface area contributed by atoms with Crippen LogP contribution in [-0.4, -0.2) is 54.1 Å². The highest BCUT2D eigenvalue weighted by atomic mass is 19.1. The van der Waals surface area contributed by atoms with Crippen molar-refractivity contribution in [3.63, 3.8) is 0 Å². The first kappa shape index (κ1) is 16.7. The van der Waals surface area contributed by atoms with E-state index in [4.69, 9.17) is 4.74 Å². The molecular formula is C17H22FN3O3. The molecule has 1 aliphatic carbocycles. The van der Waals surface area contributed by atoms with Gasteiger partial charge in [-0.1, -0.05) is 18.2 Å². The molecule has 1 saturated heterocycles. The van der Waals surface area contributed by atoms with Crippen LogP contribution >= 0.6 is 0 Å². The van der Waals surface area contributed by atoms with Gasteiger partial charge in [-0.3, -0.25) is 9.69 Å². The average molecular weight is 335 g/mol. The minimum atomic E-state index is -0.604. The highest BCUT2D eigenvalue weighted by Crippen LogP contribution is 2.29. The van der Waals surface area contributed by atoms with Gasteiger partial charge >= 0.3 is 6.03 Å². The number of rotatable bonds is 5. The highest BCUT2D eigenvalue weighted by molar-refractivity contribution is 5.87. The maximum absolute atomic E-state index is 14.0. The van der Waals surface area contributed by atoms with Crippen molar-refractivity contribution in [1.29, 1.82) is 0 Å². The van der Waals surface area contributed by atoms with Crippen molar-refractivity contribution in [2.45, 2.75) is 38.0 Å². The van der Waals surface area contributed by atoms with Crippen molar-refractivity contribution in [2.75, 3.05) is 20.3 Å². The molecule has 0 spiro atoms. The summed E-state index contributed by atoms with van der Waals surface area (Å²) in [5.41, 5.74) is 0.393. The molecule has 0 bridgehead atoms. The Morgan fingerprint density at radius 2 is 2.08 bits per heavy atom. The summed E-state index contributed by atoms with van der Waals surface area (Å²) in [6, 6.07) is 5.85. The fourth-order valence-corrected chi connectivity index (χ4v) is 3.08. The number of carbonyl (C=O) groups is 2. The van der Waals surface area contributed by atoms with E-state index < -0.39 is 12.1 Å². The number of carbonyl (C=O) groups excluding carboxylic acids is 2. The average Bonchev–Trinajstić information content (AvgIpc) is 3.32. The molecule has 0 radical (unpaired) electrons. The largest absolute Gasteiger partial charge is 0.375 e. The molecular weight excluding hydrogens is 313 g/mol. The summed E-state index contributed by atoms with van der Waals surface area (Å²) in [5.74, 6) is -0.389. The number of benzene rings is 1. The van der Waals surface area contributed by atoms with E-state index in [1.54, 1.807) is 30.0 Å². The van der Waals surface area contributed by atoms with Crippen LogP contribution in [0.15, 0.2) is 24.3 Å². The Morgan fingerprint density at radius 3 is 2.71 bits per heavy atom. The molecule has 2 fully saturated rings. The van der Waals surface area contributed by atoms with Gasteiger partial charge in [0.2, 0.25) is 5.91 Å². The van der Waals surface area contributed by atoms with Crippen molar-refractivity contribution in [3.05, 3.63) is 35.6 Å². The van der Waals surface area contributed by atoms with E-state index in [2.05, 4.69) is 5.32 Å². The van der Waals surface area contributed by atoms with Crippen molar-refractivity contribution >= 4 is 11.9 Å². The second kappa shape index (κ2) is 6.76. The van der Waals surface area contributed by atoms with Crippen molar-refractivity contribution in [1.82, 2.24) is 15.1 Å². The van der Waals surface area contributed by atoms with Gasteiger partial charge in [-0.2, -0.15) is 0 Å². The molecule has 2 aliphatic rings. The molecule has 2 atom stereocenters. The number of hydrogen-bond donors (Lipinski definition) is 1. The van der Waals surface area contributed by atoms with Crippen LogP contribution < -0.4 is 5.32 Å². The number of methoxy groups -OCH3 is 1. The molecule has 1 aromatic carbocycles. The topological polar surface area (TPSA) is 61.9 Å². The lowest BCUT2D eigenvalue weighted by molar-refractivity contribution is -0.127. The standard InChI is InChI=1S/C17H22FN3O3/c1-11(16(24-2)13-5-3-4-6-14(13)18)19-17(23)20-9-15(22)21(10-20)12-7-8-12/h3-6,11-12,16H,7-10H2,1-2H3,(H,19,23)/t11-,16-/m0/s1. The van der Waals surface area contributed by atoms with E-state index in [9.17, 15) is 14.0 Å². The fraction of sp³-hybridized carbons (Fsp3) is 0.529. The van der Waals surface area contributed by atoms with Crippen LogP contribution in [0, 0.1) is 5.82 Å². The summed E-state index contributed by atoms with van der Waals surface area (Å²) in [5, 5.41) is 2.82. The fourth-order valence-electron chi connectivity index (χ4n) is 3.08. The SMILES string of the molecule is CO[C@H](c1ccccc1F)[C@H](C)NC(=O)N1CC(=O)N(C2CC2)C1. The molecule has 24 heavy (non-hydrogen) atoms. The van der Waals surface area contributed by atoms with E-state index in [1.807, 2.05) is 0 Å². The predicted octanol–water partition coefficient (Wildman–Crippen LogP) is 1.88. The number of halogens is 1. The van der Waals surface area contributed by atoms with Gasteiger partial charge in [0.25, 0.3) is 0 Å². The number of amides is 3. The Bertz CT molecular complexity index is 635. The van der Waals surface area contributed by atoms with Crippen LogP contribution in [0.2, 0.25) is 0 Å². The van der Waals surface area contributed by atoms with E-state index in [1.165, 1.54) is 18.1 Å². The highest BCUT2D eigenvalue weighted by Gasteiger charge is 2.40. The summed E-state index contributed by atoms with van der Waals surface area (Å²) in [7, 11) is 1.48. The third-order valence-corrected chi connectivity index (χ3v) is 4.52. The van der Waals surface area contributed by atoms with Crippen molar-refractivity contribution in [2.24, 2.45) is 0 Å². The zero-order valence-electron chi connectivity index (χ0n) is 13.9. The first-order valence-corrected chi connectivity index (χ1v) is 8.13. The molecule has 7 heteroatoms. The number of hydrogen-bond acceptors (Lipinski definition) is 3. The van der Waals surface area contributed by atoms with Crippen molar-refractivity contribution in [3.8, 4) is 0 Å². The van der Waals surface area contributed by atoms with E-state index in [0.717, 1.165) is 12.8 Å². The first-order valence-electron chi connectivity index (χ1n) is 8.13. The molecule has 3 rings (SSSR count). The third kappa shape index (κ3) is 3.36. The summed E-state index contributed by atoms with van der Waals surface area (Å²) < 4.78 is 19.4. The molecule has 0 unspecified atom stereocenters. The van der Waals surface area contributed by atoms with Gasteiger partial charge in [0.15, 0.2) is 0 Å². The zero-order chi connectivity index (χ0) is 17.3. The Labute approximate surface area is 140 Å². The molecule has 1 saturated carbocycles. The van der Waals surface area contributed by atoms with Gasteiger partial charge in [0.05, 0.1) is 12.7 Å². The van der Waals surface area contributed by atoms with Crippen LogP contribution in [0.5, 0.6) is 0 Å². The molecule has 1 aliphatic heterocycles. The van der Waals surface area contributed by atoms with Gasteiger partial charge in [0, 0.05) is 18.7 Å². The van der Waals surface area contributed by atoms with Gasteiger partial charge in [-0.15, -0.1) is 0 Å². The maximum Gasteiger partial charge on any atom is 0.319 e. The molecule has 6 nitrogen and oxygen atoms in total. The molecule has 130 valence electrons. The Balaban J connectivity index is 1.63. The Hall–Kier alpha value is -2.15. The minimum Gasteiger partial charge on any atom is -0.375 e. The monoisotopic (exact) mass is 335 g/mol. The molecule has 3 amide bonds. The Kier molecular flexibility index (Phi) is 4.71. The Morgan fingerprint density at radius 1 is 1.38 bits per heavy atom. The van der Waals surface area contributed by atoms with E-state index in [-0.39, 0.29) is 30.3 Å². The molecule has 1 aromatic rings. The van der Waals surface area contributed by atoms with Gasteiger partial charge in [-0.25, -0.2) is 9.18 Å². The van der Waals surface area contributed by atoms with Gasteiger partial charge in [0.1, 0.15) is 18.5 Å². The normalized spacial score (nSPS) is 20.2. The summed E-state index contributed by atoms with van der Waals surface area (Å²) in [6.45, 7) is 2.17. The third-order valence-electron chi connectivity index (χ3n) is 4.52. The number of nitrogens with zero attached hydrogens (tertiary/aromatic N) is 2. The van der Waals surface area contributed by atoms with Crippen LogP contribution in [-0.2, 0) is 9.53 Å².